The lowest BCUT2D eigenvalue weighted by atomic mass is 9.85. The van der Waals surface area contributed by atoms with E-state index in [0.29, 0.717) is 10.6 Å². The fraction of sp³-hybridized carbons (Fsp3) is 0.369. The van der Waals surface area contributed by atoms with Gasteiger partial charge in [0.2, 0.25) is 59.3 Å². The van der Waals surface area contributed by atoms with Crippen molar-refractivity contribution in [1.82, 2.24) is 62.9 Å². The number of carbonyl (C=O) groups is 10. The first-order valence-electron chi connectivity index (χ1n) is 39.9. The summed E-state index contributed by atoms with van der Waals surface area (Å²) in [4.78, 5) is 168. The predicted octanol–water partition coefficient (Wildman–Crippen LogP) is 0.860. The highest BCUT2D eigenvalue weighted by Gasteiger charge is 2.52. The number of primary amides is 1. The van der Waals surface area contributed by atoms with E-state index in [1.165, 1.54) is 55.2 Å². The maximum Gasteiger partial charge on any atom is 0.349 e. The van der Waals surface area contributed by atoms with Gasteiger partial charge in [-0.1, -0.05) is 79.0 Å². The Morgan fingerprint density at radius 1 is 0.744 bits per heavy atom. The number of aliphatic hydroxyl groups is 6. The number of hydrogen-bond acceptors (Lipinski definition) is 31. The molecule has 8 heterocycles. The van der Waals surface area contributed by atoms with Crippen LogP contribution >= 0.6 is 34.8 Å². The molecule has 1 aromatic heterocycles. The largest absolute Gasteiger partial charge is 0.508 e. The number of anilines is 1. The summed E-state index contributed by atoms with van der Waals surface area (Å²) in [5.74, 6) is -18.2. The summed E-state index contributed by atoms with van der Waals surface area (Å²) in [6.07, 6.45) is -14.3. The lowest BCUT2D eigenvalue weighted by molar-refractivity contribution is -0.334. The molecule has 684 valence electrons. The predicted molar refractivity (Wildman–Crippen MR) is 451 cm³/mol. The number of nitrogens with zero attached hydrogens (tertiary/aromatic N) is 3. The minimum Gasteiger partial charge on any atom is -0.508 e. The van der Waals surface area contributed by atoms with Gasteiger partial charge in [-0.25, -0.2) is 10.3 Å². The van der Waals surface area contributed by atoms with Crippen LogP contribution in [0, 0.1) is 17.4 Å². The maximum absolute atomic E-state index is 16.4. The third kappa shape index (κ3) is 22.4. The smallest absolute Gasteiger partial charge is 0.349 e. The monoisotopic (exact) mass is 1850 g/mol. The number of aromatic hydroxyl groups is 3. The highest BCUT2D eigenvalue weighted by molar-refractivity contribution is 6.32. The van der Waals surface area contributed by atoms with Crippen LogP contribution in [0.25, 0.3) is 17.2 Å². The minimum absolute atomic E-state index is 0.0482. The van der Waals surface area contributed by atoms with Crippen LogP contribution in [0.4, 0.5) is 5.82 Å². The molecule has 10 amide bonds. The van der Waals surface area contributed by atoms with Gasteiger partial charge in [0.05, 0.1) is 41.3 Å². The molecule has 11 bridgehead atoms. The second kappa shape index (κ2) is 41.2. The zero-order valence-electron chi connectivity index (χ0n) is 68.9. The number of aliphatic hydroxyl groups excluding tert-OH is 6. The summed E-state index contributed by atoms with van der Waals surface area (Å²) in [7, 11) is 1.46. The Balaban J connectivity index is 0.997. The number of halogens is 3. The number of phenols is 3. The van der Waals surface area contributed by atoms with E-state index >= 15 is 24.0 Å². The highest BCUT2D eigenvalue weighted by atomic mass is 35.5. The normalized spacial score (nSPS) is 25.4. The number of nitriles is 1. The zero-order valence-corrected chi connectivity index (χ0v) is 71.2. The van der Waals surface area contributed by atoms with Gasteiger partial charge in [-0.3, -0.25) is 62.7 Å². The average Bonchev–Trinajstić information content (AvgIpc) is 0.762. The summed E-state index contributed by atoms with van der Waals surface area (Å²) >= 11 is 20.3. The van der Waals surface area contributed by atoms with E-state index in [1.807, 2.05) is 5.48 Å². The molecule has 18 atom stereocenters. The van der Waals surface area contributed by atoms with Crippen molar-refractivity contribution in [1.29, 1.82) is 5.26 Å². The van der Waals surface area contributed by atoms with Crippen LogP contribution in [-0.2, 0) is 73.5 Å². The number of rotatable bonds is 23. The lowest BCUT2D eigenvalue weighted by Gasteiger charge is -2.48. The van der Waals surface area contributed by atoms with Crippen molar-refractivity contribution in [2.75, 3.05) is 32.1 Å². The van der Waals surface area contributed by atoms with Gasteiger partial charge in [-0.15, -0.1) is 0 Å². The van der Waals surface area contributed by atoms with Gasteiger partial charge in [-0.05, 0) is 145 Å². The molecule has 6 aromatic carbocycles. The van der Waals surface area contributed by atoms with Crippen LogP contribution < -0.4 is 84.3 Å². The Hall–Kier alpha value is -12.7. The SMILES string of the molecule is CNC(CC(C)C)C(=O)NC1C(=O)NC(CC(N)=O)C(=O)NC2C(=O)NC3C(=O)NC(C(=O)N[C@@H](C(=O)NOCC(=O)NC#N)c4cc(O)cc(O)c4-c4cc3ccc4O)C(O)c3ccc(c(Cl)c3)Oc3cc2cc(c3OC2OC(CO)C(O)C(O)C2OC2C[C@@](C)(NCCn3ccc(NC(=O)/C=C/c4ccc(Cl)cc4)nc3=O)C(O)C(C)O2)Oc2ccc(cc2Cl)C1O. The quantitative estimate of drug-likeness (QED) is 0.0183. The molecule has 0 radical (unpaired) electrons. The number of hydrogen-bond donors (Lipinski definition) is 21. The Morgan fingerprint density at radius 3 is 2.03 bits per heavy atom. The Labute approximate surface area is 747 Å². The molecule has 7 aromatic rings. The fourth-order valence-electron chi connectivity index (χ4n) is 15.0. The summed E-state index contributed by atoms with van der Waals surface area (Å²) in [6.45, 7) is 4.48. The van der Waals surface area contributed by atoms with E-state index in [9.17, 15) is 74.7 Å². The number of benzene rings is 6. The number of likely N-dealkylation sites (N-methyl/N-ethyl adjacent to an activating group) is 1. The first-order valence-corrected chi connectivity index (χ1v) is 41.1. The molecule has 0 spiro atoms. The molecule has 2 fully saturated rings. The topological polar surface area (TPSA) is 634 Å². The van der Waals surface area contributed by atoms with E-state index in [2.05, 4.69) is 52.8 Å². The molecule has 14 rings (SSSR count). The van der Waals surface area contributed by atoms with Gasteiger partial charge >= 0.3 is 5.69 Å². The number of hydroxylamine groups is 1. The third-order valence-corrected chi connectivity index (χ3v) is 22.5. The van der Waals surface area contributed by atoms with Crippen LogP contribution in [0.5, 0.6) is 46.0 Å². The van der Waals surface area contributed by atoms with Gasteiger partial charge in [0, 0.05) is 59.5 Å². The molecular weight excluding hydrogens is 1760 g/mol. The molecule has 7 aliphatic heterocycles. The average molecular weight is 1850 g/mol. The Bertz CT molecular complexity index is 5610. The first kappa shape index (κ1) is 95.4. The van der Waals surface area contributed by atoms with Crippen molar-refractivity contribution < 1.29 is 127 Å². The van der Waals surface area contributed by atoms with Crippen molar-refractivity contribution in [3.8, 4) is 63.3 Å². The second-order valence-corrected chi connectivity index (χ2v) is 32.5. The Kier molecular flexibility index (Phi) is 30.5. The summed E-state index contributed by atoms with van der Waals surface area (Å²) < 4.78 is 40.6. The van der Waals surface area contributed by atoms with Crippen molar-refractivity contribution >= 4 is 106 Å². The first-order chi connectivity index (χ1) is 61.3. The van der Waals surface area contributed by atoms with E-state index in [-0.39, 0.29) is 48.8 Å². The third-order valence-electron chi connectivity index (χ3n) is 21.6. The molecule has 16 unspecified atom stereocenters. The van der Waals surface area contributed by atoms with Gasteiger partial charge in [0.15, 0.2) is 36.7 Å². The van der Waals surface area contributed by atoms with E-state index in [0.717, 1.165) is 72.8 Å². The lowest BCUT2D eigenvalue weighted by Crippen LogP contribution is -2.65. The Morgan fingerprint density at radius 2 is 1.40 bits per heavy atom. The number of phenolic OH excluding ortho intramolecular Hbond substituents is 3. The van der Waals surface area contributed by atoms with Crippen LogP contribution in [0.15, 0.2) is 126 Å². The van der Waals surface area contributed by atoms with Crippen molar-refractivity contribution in [3.63, 3.8) is 0 Å². The second-order valence-electron chi connectivity index (χ2n) is 31.3. The van der Waals surface area contributed by atoms with E-state index in [1.54, 1.807) is 50.4 Å². The van der Waals surface area contributed by atoms with Crippen LogP contribution in [0.3, 0.4) is 0 Å². The van der Waals surface area contributed by atoms with Crippen LogP contribution in [0.1, 0.15) is 111 Å². The van der Waals surface area contributed by atoms with Crippen molar-refractivity contribution in [3.05, 3.63) is 180 Å². The molecule has 2 saturated heterocycles. The highest BCUT2D eigenvalue weighted by Crippen LogP contribution is 2.50. The van der Waals surface area contributed by atoms with Gasteiger partial charge in [0.1, 0.15) is 101 Å². The number of nitrogens with two attached hydrogens (primary N) is 1. The van der Waals surface area contributed by atoms with Crippen molar-refractivity contribution in [2.45, 2.75) is 163 Å². The minimum atomic E-state index is -2.43. The van der Waals surface area contributed by atoms with E-state index in [4.69, 9.17) is 79.1 Å². The van der Waals surface area contributed by atoms with Gasteiger partial charge in [-0.2, -0.15) is 10.2 Å². The van der Waals surface area contributed by atoms with Crippen LogP contribution in [-0.4, -0.2) is 220 Å². The molecular formula is C84H90Cl3N15O27. The summed E-state index contributed by atoms with van der Waals surface area (Å²) in [6, 6.07) is 6.59. The zero-order chi connectivity index (χ0) is 93.3. The number of aromatic nitrogens is 2. The summed E-state index contributed by atoms with van der Waals surface area (Å²) in [5.41, 5.74) is 3.02. The number of fused-ring (bicyclic) bond motifs is 15. The molecule has 22 N–H and O–H groups in total. The molecule has 42 nitrogen and oxygen atoms in total. The summed E-state index contributed by atoms with van der Waals surface area (Å²) in [5, 5.41) is 140. The molecule has 0 saturated carbocycles. The molecule has 0 aliphatic carbocycles. The number of amides is 10. The fourth-order valence-corrected chi connectivity index (χ4v) is 15.6. The maximum atomic E-state index is 16.4. The van der Waals surface area contributed by atoms with E-state index < -0.39 is 277 Å². The van der Waals surface area contributed by atoms with Gasteiger partial charge in [0.25, 0.3) is 11.8 Å². The molecule has 45 heteroatoms. The number of ether oxygens (including phenoxy) is 6. The standard InChI is InChI=1S/C84H90Cl3N15O27/c1-35(2)22-48(90-5)75(115)99-66-68(110)39-10-15-52(46(86)24-39)125-54-26-41-27-55(72(54)129-82-73(71(113)70(112)56(32-103)127-82)128-61-31-84(4,74(114)36(3)124-61)92-19-21-102-20-18-58(95-83(102)122)94-59(108)17-8-37-6-12-42(85)13-7-37)126-53-16-11-40(25-47(53)87)69(111)67-80(120)98-65(81(121)101-123-33-60(109)91-34-88)45-28-43(104)29-51(106)62(45)44-23-38(9-14-50(44)105)63(77(117)100-67)97-78(118)64(41)96-76(116)49(30-57(89)107)93-79(66)119/h6-18,20,23-29,35-36,48-49,56,61,63-71,73-74,82,90,92,103-106,110-114H,19,21-22,30-33H2,1-5H3,(H2,89,107)(H,91,109)(H,93,119)(H,96,116)(H,97,118)(H,98,120)(H,99,115)(H,100,117)(H,101,121)(H,94,95,108,122)/b17-8+/t36?,48?,49?,56?,61?,63?,64?,65-,66?,67?,68?,69?,70?,71?,73?,74?,82?,84-/m1/s1. The molecule has 129 heavy (non-hydrogen) atoms. The van der Waals surface area contributed by atoms with Crippen LogP contribution in [0.2, 0.25) is 15.1 Å². The number of carbonyl (C=O) groups excluding carboxylic acids is 10. The van der Waals surface area contributed by atoms with Gasteiger partial charge < -0.3 is 128 Å². The van der Waals surface area contributed by atoms with Crippen molar-refractivity contribution in [2.24, 2.45) is 11.7 Å². The number of nitrogens with one attached hydrogen (secondary N) is 11. The molecule has 7 aliphatic rings.